The number of nitrogens with zero attached hydrogens (tertiary/aromatic N) is 3. The molecule has 3 aromatic rings. The van der Waals surface area contributed by atoms with Crippen LogP contribution >= 0.6 is 12.2 Å². The topological polar surface area (TPSA) is 107 Å². The van der Waals surface area contributed by atoms with Gasteiger partial charge < -0.3 is 24.8 Å². The molecule has 0 aliphatic carbocycles. The van der Waals surface area contributed by atoms with Gasteiger partial charge >= 0.3 is 0 Å². The first-order valence-corrected chi connectivity index (χ1v) is 12.5. The van der Waals surface area contributed by atoms with Crippen LogP contribution in [0.1, 0.15) is 25.0 Å². The molecule has 0 saturated carbocycles. The van der Waals surface area contributed by atoms with Crippen LogP contribution in [0.25, 0.3) is 6.08 Å². The summed E-state index contributed by atoms with van der Waals surface area (Å²) in [5.74, 6) is 0.827. The van der Waals surface area contributed by atoms with Crippen molar-refractivity contribution in [3.63, 3.8) is 0 Å². The molecule has 38 heavy (non-hydrogen) atoms. The first-order valence-electron chi connectivity index (χ1n) is 12.1. The third-order valence-electron chi connectivity index (χ3n) is 5.63. The first kappa shape index (κ1) is 26.7. The van der Waals surface area contributed by atoms with Gasteiger partial charge in [-0.1, -0.05) is 18.2 Å². The summed E-state index contributed by atoms with van der Waals surface area (Å²) < 4.78 is 18.5. The molecule has 0 radical (unpaired) electrons. The zero-order chi connectivity index (χ0) is 27.1. The third kappa shape index (κ3) is 6.30. The molecule has 2 N–H and O–H groups in total. The van der Waals surface area contributed by atoms with Crippen molar-refractivity contribution in [2.24, 2.45) is 0 Å². The van der Waals surface area contributed by atoms with Crippen LogP contribution in [-0.4, -0.2) is 51.9 Å². The van der Waals surface area contributed by atoms with Gasteiger partial charge in [-0.25, -0.2) is 0 Å². The van der Waals surface area contributed by atoms with E-state index in [1.165, 1.54) is 12.0 Å². The number of methoxy groups -OCH3 is 1. The van der Waals surface area contributed by atoms with Crippen molar-refractivity contribution in [1.82, 2.24) is 20.0 Å². The summed E-state index contributed by atoms with van der Waals surface area (Å²) in [6.07, 6.45) is 5.32. The lowest BCUT2D eigenvalue weighted by atomic mass is 10.1. The Balaban J connectivity index is 1.44. The molecule has 198 valence electrons. The van der Waals surface area contributed by atoms with Gasteiger partial charge in [0.05, 0.1) is 32.1 Å². The van der Waals surface area contributed by atoms with Crippen LogP contribution in [0, 0.1) is 0 Å². The fourth-order valence-corrected chi connectivity index (χ4v) is 4.06. The summed E-state index contributed by atoms with van der Waals surface area (Å²) in [5, 5.41) is 10.3. The van der Waals surface area contributed by atoms with E-state index in [4.69, 9.17) is 26.4 Å². The Morgan fingerprint density at radius 2 is 1.95 bits per heavy atom. The van der Waals surface area contributed by atoms with Gasteiger partial charge in [-0.3, -0.25) is 19.2 Å². The number of rotatable bonds is 11. The molecule has 2 heterocycles. The molecule has 2 aromatic carbocycles. The van der Waals surface area contributed by atoms with Crippen molar-refractivity contribution in [3.05, 3.63) is 71.7 Å². The van der Waals surface area contributed by atoms with Crippen LogP contribution in [0.4, 0.5) is 5.69 Å². The molecule has 0 spiro atoms. The molecular weight excluding hydrogens is 506 g/mol. The number of para-hydroxylation sites is 2. The number of carbonyl (C=O) groups excluding carboxylic acids is 2. The smallest absolute Gasteiger partial charge is 0.276 e. The lowest BCUT2D eigenvalue weighted by Crippen LogP contribution is -2.29. The minimum absolute atomic E-state index is 0.226. The van der Waals surface area contributed by atoms with Crippen LogP contribution in [0.2, 0.25) is 0 Å². The minimum Gasteiger partial charge on any atom is -0.495 e. The molecule has 11 heteroatoms. The highest BCUT2D eigenvalue weighted by molar-refractivity contribution is 7.80. The van der Waals surface area contributed by atoms with Crippen LogP contribution in [-0.2, 0) is 22.7 Å². The Hall–Kier alpha value is -4.38. The highest BCUT2D eigenvalue weighted by Gasteiger charge is 2.31. The molecule has 0 bridgehead atoms. The zero-order valence-corrected chi connectivity index (χ0v) is 22.2. The normalized spacial score (nSPS) is 14.0. The Kier molecular flexibility index (Phi) is 8.59. The summed E-state index contributed by atoms with van der Waals surface area (Å²) in [7, 11) is 1.54. The van der Waals surface area contributed by atoms with Crippen molar-refractivity contribution in [1.29, 1.82) is 0 Å². The number of hydrogen-bond acceptors (Lipinski definition) is 7. The molecule has 0 unspecified atom stereocenters. The predicted molar refractivity (Wildman–Crippen MR) is 147 cm³/mol. The predicted octanol–water partition coefficient (Wildman–Crippen LogP) is 3.59. The standard InChI is InChI=1S/C27H29N5O5S/c1-4-31-15-19(14-28-31)16-32-26(34)21(30-27(32)38)12-18-10-11-23(24(13-18)36-5-2)37-17-25(33)29-20-8-6-7-9-22(20)35-3/h6-15H,4-5,16-17H2,1-3H3,(H,29,33)(H,30,38)/b21-12+. The second-order valence-electron chi connectivity index (χ2n) is 8.26. The Bertz CT molecular complexity index is 1370. The van der Waals surface area contributed by atoms with Crippen LogP contribution < -0.4 is 24.8 Å². The number of thiocarbonyl (C=S) groups is 1. The van der Waals surface area contributed by atoms with E-state index in [1.807, 2.05) is 26.1 Å². The quantitative estimate of drug-likeness (QED) is 0.284. The highest BCUT2D eigenvalue weighted by Crippen LogP contribution is 2.30. The van der Waals surface area contributed by atoms with Crippen molar-refractivity contribution in [3.8, 4) is 17.2 Å². The van der Waals surface area contributed by atoms with Gasteiger partial charge in [-0.2, -0.15) is 5.10 Å². The molecule has 2 amide bonds. The molecule has 1 aromatic heterocycles. The monoisotopic (exact) mass is 535 g/mol. The number of carbonyl (C=O) groups is 2. The summed E-state index contributed by atoms with van der Waals surface area (Å²) in [6, 6.07) is 12.3. The largest absolute Gasteiger partial charge is 0.495 e. The van der Waals surface area contributed by atoms with Crippen LogP contribution in [0.15, 0.2) is 60.6 Å². The van der Waals surface area contributed by atoms with E-state index >= 15 is 0 Å². The molecule has 10 nitrogen and oxygen atoms in total. The van der Waals surface area contributed by atoms with E-state index in [9.17, 15) is 9.59 Å². The van der Waals surface area contributed by atoms with Crippen LogP contribution in [0.5, 0.6) is 17.2 Å². The summed E-state index contributed by atoms with van der Waals surface area (Å²) in [4.78, 5) is 27.0. The Labute approximate surface area is 226 Å². The van der Waals surface area contributed by atoms with E-state index in [-0.39, 0.29) is 18.4 Å². The van der Waals surface area contributed by atoms with Gasteiger partial charge in [-0.05, 0) is 62.0 Å². The number of nitrogens with one attached hydrogen (secondary N) is 2. The average Bonchev–Trinajstić information content (AvgIpc) is 3.48. The lowest BCUT2D eigenvalue weighted by molar-refractivity contribution is -0.122. The second kappa shape index (κ2) is 12.2. The highest BCUT2D eigenvalue weighted by atomic mass is 32.1. The van der Waals surface area contributed by atoms with Crippen LogP contribution in [0.3, 0.4) is 0 Å². The number of hydrogen-bond donors (Lipinski definition) is 2. The molecule has 4 rings (SSSR count). The number of aromatic nitrogens is 2. The van der Waals surface area contributed by atoms with Gasteiger partial charge in [0, 0.05) is 18.3 Å². The van der Waals surface area contributed by atoms with Gasteiger partial charge in [-0.15, -0.1) is 0 Å². The Morgan fingerprint density at radius 3 is 2.68 bits per heavy atom. The van der Waals surface area contributed by atoms with E-state index in [2.05, 4.69) is 15.7 Å². The molecule has 1 aliphatic rings. The summed E-state index contributed by atoms with van der Waals surface area (Å²) >= 11 is 5.39. The Morgan fingerprint density at radius 1 is 1.13 bits per heavy atom. The average molecular weight is 536 g/mol. The molecule has 0 atom stereocenters. The fraction of sp³-hybridized carbons (Fsp3) is 0.259. The van der Waals surface area contributed by atoms with Crippen molar-refractivity contribution >= 4 is 40.9 Å². The van der Waals surface area contributed by atoms with E-state index in [1.54, 1.807) is 53.4 Å². The van der Waals surface area contributed by atoms with Gasteiger partial charge in [0.1, 0.15) is 11.4 Å². The van der Waals surface area contributed by atoms with E-state index in [0.29, 0.717) is 52.5 Å². The second-order valence-corrected chi connectivity index (χ2v) is 8.65. The molecular formula is C27H29N5O5S. The number of benzene rings is 2. The zero-order valence-electron chi connectivity index (χ0n) is 21.4. The number of aryl methyl sites for hydroxylation is 1. The van der Waals surface area contributed by atoms with E-state index < -0.39 is 0 Å². The van der Waals surface area contributed by atoms with Gasteiger partial charge in [0.2, 0.25) is 0 Å². The molecule has 1 fully saturated rings. The maximum Gasteiger partial charge on any atom is 0.276 e. The van der Waals surface area contributed by atoms with E-state index in [0.717, 1.165) is 12.1 Å². The van der Waals surface area contributed by atoms with Crippen molar-refractivity contribution in [2.45, 2.75) is 26.9 Å². The number of amides is 2. The number of anilines is 1. The van der Waals surface area contributed by atoms with Crippen molar-refractivity contribution in [2.75, 3.05) is 25.6 Å². The van der Waals surface area contributed by atoms with Crippen molar-refractivity contribution < 1.29 is 23.8 Å². The number of ether oxygens (including phenoxy) is 3. The lowest BCUT2D eigenvalue weighted by Gasteiger charge is -2.14. The maximum absolute atomic E-state index is 13.0. The fourth-order valence-electron chi connectivity index (χ4n) is 3.80. The minimum atomic E-state index is -0.345. The summed E-state index contributed by atoms with van der Waals surface area (Å²) in [5.41, 5.74) is 2.50. The SMILES string of the molecule is CCOc1cc(/C=C2/NC(=S)N(Cc3cnn(CC)c3)C2=O)ccc1OCC(=O)Nc1ccccc1OC. The molecule has 1 aliphatic heterocycles. The third-order valence-corrected chi connectivity index (χ3v) is 5.95. The molecule has 1 saturated heterocycles. The van der Waals surface area contributed by atoms with Gasteiger partial charge in [0.15, 0.2) is 23.2 Å². The van der Waals surface area contributed by atoms with Gasteiger partial charge in [0.25, 0.3) is 11.8 Å². The first-order chi connectivity index (χ1) is 18.4. The maximum atomic E-state index is 13.0. The summed E-state index contributed by atoms with van der Waals surface area (Å²) in [6.45, 7) is 5.09.